The van der Waals surface area contributed by atoms with Crippen LogP contribution in [0.15, 0.2) is 24.3 Å². The fraction of sp³-hybridized carbons (Fsp3) is 0.500. The Morgan fingerprint density at radius 3 is 2.47 bits per heavy atom. The molecular weight excluding hydrogens is 210 g/mol. The maximum Gasteiger partial charge on any atom is 0.0465 e. The van der Waals surface area contributed by atoms with Gasteiger partial charge in [0.2, 0.25) is 0 Å². The van der Waals surface area contributed by atoms with Crippen LogP contribution in [0.1, 0.15) is 24.9 Å². The molecule has 0 heterocycles. The summed E-state index contributed by atoms with van der Waals surface area (Å²) in [5.41, 5.74) is 7.26. The molecule has 0 aliphatic heterocycles. The summed E-state index contributed by atoms with van der Waals surface area (Å²) in [5.74, 6) is 0.408. The first-order valence-electron chi connectivity index (χ1n) is 5.15. The number of nitrogens with two attached hydrogens (primary N) is 1. The Morgan fingerprint density at radius 1 is 1.33 bits per heavy atom. The van der Waals surface area contributed by atoms with E-state index in [2.05, 4.69) is 6.92 Å². The predicted octanol–water partition coefficient (Wildman–Crippen LogP) is 3.01. The minimum atomic E-state index is 0.0532. The van der Waals surface area contributed by atoms with Crippen LogP contribution in [-0.2, 0) is 4.74 Å². The maximum atomic E-state index is 6.13. The minimum absolute atomic E-state index is 0.0532. The van der Waals surface area contributed by atoms with E-state index in [4.69, 9.17) is 22.1 Å². The van der Waals surface area contributed by atoms with E-state index in [0.29, 0.717) is 5.92 Å². The first-order chi connectivity index (χ1) is 7.15. The van der Waals surface area contributed by atoms with Crippen molar-refractivity contribution in [2.45, 2.75) is 19.4 Å². The monoisotopic (exact) mass is 227 g/mol. The SMILES string of the molecule is COCCC(C)C(N)c1ccc(Cl)cc1. The van der Waals surface area contributed by atoms with Gasteiger partial charge in [-0.1, -0.05) is 30.7 Å². The van der Waals surface area contributed by atoms with Gasteiger partial charge >= 0.3 is 0 Å². The van der Waals surface area contributed by atoms with E-state index in [1.54, 1.807) is 7.11 Å². The van der Waals surface area contributed by atoms with Gasteiger partial charge in [0, 0.05) is 24.8 Å². The van der Waals surface area contributed by atoms with Gasteiger partial charge in [-0.25, -0.2) is 0 Å². The lowest BCUT2D eigenvalue weighted by Crippen LogP contribution is -2.20. The summed E-state index contributed by atoms with van der Waals surface area (Å²) in [6.07, 6.45) is 0.973. The van der Waals surface area contributed by atoms with Crippen molar-refractivity contribution >= 4 is 11.6 Å². The Labute approximate surface area is 96.4 Å². The number of hydrogen-bond acceptors (Lipinski definition) is 2. The first-order valence-corrected chi connectivity index (χ1v) is 5.53. The van der Waals surface area contributed by atoms with Crippen LogP contribution in [-0.4, -0.2) is 13.7 Å². The van der Waals surface area contributed by atoms with E-state index in [-0.39, 0.29) is 6.04 Å². The van der Waals surface area contributed by atoms with Crippen molar-refractivity contribution < 1.29 is 4.74 Å². The number of benzene rings is 1. The number of ether oxygens (including phenoxy) is 1. The zero-order chi connectivity index (χ0) is 11.3. The van der Waals surface area contributed by atoms with Gasteiger partial charge in [-0.2, -0.15) is 0 Å². The molecule has 2 N–H and O–H groups in total. The van der Waals surface area contributed by atoms with Crippen LogP contribution in [0.3, 0.4) is 0 Å². The second-order valence-electron chi connectivity index (χ2n) is 3.84. The van der Waals surface area contributed by atoms with Crippen molar-refractivity contribution in [1.29, 1.82) is 0 Å². The van der Waals surface area contributed by atoms with Crippen LogP contribution in [0, 0.1) is 5.92 Å². The molecule has 15 heavy (non-hydrogen) atoms. The van der Waals surface area contributed by atoms with Gasteiger partial charge in [-0.15, -0.1) is 0 Å². The van der Waals surface area contributed by atoms with Gasteiger partial charge in [-0.3, -0.25) is 0 Å². The lowest BCUT2D eigenvalue weighted by atomic mass is 9.93. The average Bonchev–Trinajstić information content (AvgIpc) is 2.26. The second-order valence-corrected chi connectivity index (χ2v) is 4.27. The molecular formula is C12H18ClNO. The summed E-state index contributed by atoms with van der Waals surface area (Å²) in [6.45, 7) is 2.89. The Hall–Kier alpha value is -0.570. The van der Waals surface area contributed by atoms with Gasteiger partial charge in [0.1, 0.15) is 0 Å². The normalized spacial score (nSPS) is 14.9. The zero-order valence-electron chi connectivity index (χ0n) is 9.24. The molecule has 3 heteroatoms. The summed E-state index contributed by atoms with van der Waals surface area (Å²) >= 11 is 5.82. The van der Waals surface area contributed by atoms with Crippen molar-refractivity contribution in [3.05, 3.63) is 34.9 Å². The van der Waals surface area contributed by atoms with E-state index in [1.165, 1.54) is 0 Å². The third-order valence-electron chi connectivity index (χ3n) is 2.65. The third-order valence-corrected chi connectivity index (χ3v) is 2.90. The van der Waals surface area contributed by atoms with E-state index >= 15 is 0 Å². The molecule has 0 bridgehead atoms. The molecule has 1 rings (SSSR count). The standard InChI is InChI=1S/C12H18ClNO/c1-9(7-8-15-2)12(14)10-3-5-11(13)6-4-10/h3-6,9,12H,7-8,14H2,1-2H3. The van der Waals surface area contributed by atoms with Gasteiger partial charge in [0.15, 0.2) is 0 Å². The van der Waals surface area contributed by atoms with Crippen molar-refractivity contribution in [3.8, 4) is 0 Å². The average molecular weight is 228 g/mol. The molecule has 84 valence electrons. The lowest BCUT2D eigenvalue weighted by molar-refractivity contribution is 0.174. The van der Waals surface area contributed by atoms with Crippen LogP contribution in [0.25, 0.3) is 0 Å². The van der Waals surface area contributed by atoms with Crippen LogP contribution >= 0.6 is 11.6 Å². The number of rotatable bonds is 5. The highest BCUT2D eigenvalue weighted by Crippen LogP contribution is 2.23. The van der Waals surface area contributed by atoms with Crippen molar-refractivity contribution in [3.63, 3.8) is 0 Å². The lowest BCUT2D eigenvalue weighted by Gasteiger charge is -2.19. The van der Waals surface area contributed by atoms with Gasteiger partial charge in [0.25, 0.3) is 0 Å². The van der Waals surface area contributed by atoms with Crippen molar-refractivity contribution in [1.82, 2.24) is 0 Å². The Kier molecular flexibility index (Phi) is 5.09. The van der Waals surface area contributed by atoms with Gasteiger partial charge < -0.3 is 10.5 Å². The molecule has 2 nitrogen and oxygen atoms in total. The first kappa shape index (κ1) is 12.5. The predicted molar refractivity (Wildman–Crippen MR) is 64.0 cm³/mol. The van der Waals surface area contributed by atoms with Crippen LogP contribution in [0.5, 0.6) is 0 Å². The second kappa shape index (κ2) is 6.11. The summed E-state index contributed by atoms with van der Waals surface area (Å²) in [5, 5.41) is 0.746. The number of halogens is 1. The summed E-state index contributed by atoms with van der Waals surface area (Å²) in [6, 6.07) is 7.77. The molecule has 2 unspecified atom stereocenters. The molecule has 0 aliphatic rings. The van der Waals surface area contributed by atoms with Gasteiger partial charge in [-0.05, 0) is 30.0 Å². The van der Waals surface area contributed by atoms with Crippen LogP contribution < -0.4 is 5.73 Å². The fourth-order valence-corrected chi connectivity index (χ4v) is 1.62. The molecule has 2 atom stereocenters. The molecule has 0 saturated heterocycles. The van der Waals surface area contributed by atoms with Crippen LogP contribution in [0.4, 0.5) is 0 Å². The summed E-state index contributed by atoms with van der Waals surface area (Å²) < 4.78 is 5.04. The highest BCUT2D eigenvalue weighted by atomic mass is 35.5. The molecule has 0 fully saturated rings. The number of hydrogen-bond donors (Lipinski definition) is 1. The zero-order valence-corrected chi connectivity index (χ0v) is 10.00. The molecule has 0 aromatic heterocycles. The fourth-order valence-electron chi connectivity index (χ4n) is 1.50. The molecule has 0 aliphatic carbocycles. The summed E-state index contributed by atoms with van der Waals surface area (Å²) in [7, 11) is 1.71. The quantitative estimate of drug-likeness (QED) is 0.840. The topological polar surface area (TPSA) is 35.2 Å². The Balaban J connectivity index is 2.59. The Morgan fingerprint density at radius 2 is 1.93 bits per heavy atom. The smallest absolute Gasteiger partial charge is 0.0465 e. The van der Waals surface area contributed by atoms with E-state index in [0.717, 1.165) is 23.6 Å². The van der Waals surface area contributed by atoms with Gasteiger partial charge in [0.05, 0.1) is 0 Å². The number of methoxy groups -OCH3 is 1. The molecule has 0 saturated carbocycles. The van der Waals surface area contributed by atoms with Crippen LogP contribution in [0.2, 0.25) is 5.02 Å². The molecule has 1 aromatic rings. The van der Waals surface area contributed by atoms with E-state index < -0.39 is 0 Å². The van der Waals surface area contributed by atoms with Crippen molar-refractivity contribution in [2.75, 3.05) is 13.7 Å². The molecule has 0 spiro atoms. The Bertz CT molecular complexity index is 286. The van der Waals surface area contributed by atoms with E-state index in [9.17, 15) is 0 Å². The molecule has 0 amide bonds. The maximum absolute atomic E-state index is 6.13. The highest BCUT2D eigenvalue weighted by Gasteiger charge is 2.14. The molecule has 1 aromatic carbocycles. The third kappa shape index (κ3) is 3.82. The minimum Gasteiger partial charge on any atom is -0.385 e. The van der Waals surface area contributed by atoms with Crippen molar-refractivity contribution in [2.24, 2.45) is 11.7 Å². The molecule has 0 radical (unpaired) electrons. The highest BCUT2D eigenvalue weighted by molar-refractivity contribution is 6.30. The largest absolute Gasteiger partial charge is 0.385 e. The summed E-state index contributed by atoms with van der Waals surface area (Å²) in [4.78, 5) is 0. The van der Waals surface area contributed by atoms with E-state index in [1.807, 2.05) is 24.3 Å².